The fraction of sp³-hybridized carbons (Fsp3) is 0.333. The molecule has 0 saturated carbocycles. The van der Waals surface area contributed by atoms with Crippen molar-refractivity contribution in [3.05, 3.63) is 60.4 Å². The predicted octanol–water partition coefficient (Wildman–Crippen LogP) is 3.35. The van der Waals surface area contributed by atoms with Crippen LogP contribution in [0, 0.1) is 0 Å². The van der Waals surface area contributed by atoms with Crippen LogP contribution in [0.15, 0.2) is 54.7 Å². The van der Waals surface area contributed by atoms with E-state index in [2.05, 4.69) is 33.7 Å². The molecule has 1 aromatic carbocycles. The molecule has 0 unspecified atom stereocenters. The Balaban J connectivity index is 1.94. The molecule has 5 nitrogen and oxygen atoms in total. The number of nitrogens with zero attached hydrogens (tertiary/aromatic N) is 3. The van der Waals surface area contributed by atoms with Crippen LogP contribution in [0.5, 0.6) is 0 Å². The number of carbonyl (C=O) groups excluding carboxylic acids is 1. The number of rotatable bonds is 7. The fourth-order valence-electron chi connectivity index (χ4n) is 3.09. The van der Waals surface area contributed by atoms with Gasteiger partial charge < -0.3 is 9.72 Å². The molecule has 1 N–H and O–H groups in total. The number of hydrogen-bond donors (Lipinski definition) is 1. The molecule has 2 heterocycles. The van der Waals surface area contributed by atoms with Gasteiger partial charge in [0.15, 0.2) is 0 Å². The van der Waals surface area contributed by atoms with E-state index in [0.717, 1.165) is 29.1 Å². The van der Waals surface area contributed by atoms with Crippen LogP contribution in [-0.2, 0) is 11.3 Å². The first-order valence-corrected chi connectivity index (χ1v) is 9.11. The highest BCUT2D eigenvalue weighted by Gasteiger charge is 2.18. The lowest BCUT2D eigenvalue weighted by atomic mass is 10.1. The molecule has 0 bridgehead atoms. The minimum absolute atomic E-state index is 0.0527. The number of carbonyl (C=O) groups is 1. The van der Waals surface area contributed by atoms with Crippen molar-refractivity contribution in [2.75, 3.05) is 13.1 Å². The molecule has 0 radical (unpaired) electrons. The molecule has 0 atom stereocenters. The Morgan fingerprint density at radius 2 is 1.88 bits per heavy atom. The summed E-state index contributed by atoms with van der Waals surface area (Å²) in [6.45, 7) is 7.87. The lowest BCUT2D eigenvalue weighted by Gasteiger charge is -2.21. The van der Waals surface area contributed by atoms with E-state index < -0.39 is 0 Å². The standard InChI is InChI=1S/C21H26N4O/c1-4-24(15-20(26)22-16(2)3)14-18-21(17-10-6-5-7-11-17)23-19-12-8-9-13-25(18)19/h5-13,16H,4,14-15H2,1-3H3,(H,22,26). The maximum atomic E-state index is 12.2. The van der Waals surface area contributed by atoms with Crippen LogP contribution < -0.4 is 5.32 Å². The van der Waals surface area contributed by atoms with Crippen molar-refractivity contribution in [2.45, 2.75) is 33.4 Å². The summed E-state index contributed by atoms with van der Waals surface area (Å²) in [5.41, 5.74) is 4.09. The maximum absolute atomic E-state index is 12.2. The molecular formula is C21H26N4O. The Kier molecular flexibility index (Phi) is 5.68. The molecule has 26 heavy (non-hydrogen) atoms. The van der Waals surface area contributed by atoms with Gasteiger partial charge in [-0.05, 0) is 32.5 Å². The first kappa shape index (κ1) is 18.1. The van der Waals surface area contributed by atoms with Crippen molar-refractivity contribution in [1.82, 2.24) is 19.6 Å². The maximum Gasteiger partial charge on any atom is 0.234 e. The van der Waals surface area contributed by atoms with E-state index >= 15 is 0 Å². The van der Waals surface area contributed by atoms with Crippen LogP contribution in [0.2, 0.25) is 0 Å². The minimum Gasteiger partial charge on any atom is -0.353 e. The summed E-state index contributed by atoms with van der Waals surface area (Å²) in [7, 11) is 0. The molecule has 0 aliphatic heterocycles. The summed E-state index contributed by atoms with van der Waals surface area (Å²) in [5, 5.41) is 2.97. The molecule has 1 amide bonds. The zero-order valence-electron chi connectivity index (χ0n) is 15.6. The third-order valence-electron chi connectivity index (χ3n) is 4.31. The molecule has 0 saturated heterocycles. The molecule has 2 aromatic heterocycles. The number of pyridine rings is 1. The summed E-state index contributed by atoms with van der Waals surface area (Å²) < 4.78 is 2.12. The zero-order valence-corrected chi connectivity index (χ0v) is 15.6. The van der Waals surface area contributed by atoms with Crippen molar-refractivity contribution in [3.63, 3.8) is 0 Å². The molecule has 3 rings (SSSR count). The smallest absolute Gasteiger partial charge is 0.234 e. The minimum atomic E-state index is 0.0527. The number of benzene rings is 1. The van der Waals surface area contributed by atoms with Crippen LogP contribution in [-0.4, -0.2) is 39.3 Å². The van der Waals surface area contributed by atoms with Gasteiger partial charge in [0.2, 0.25) is 5.91 Å². The molecule has 5 heteroatoms. The highest BCUT2D eigenvalue weighted by Crippen LogP contribution is 2.25. The third kappa shape index (κ3) is 4.11. The van der Waals surface area contributed by atoms with Crippen molar-refractivity contribution in [3.8, 4) is 11.3 Å². The van der Waals surface area contributed by atoms with E-state index in [-0.39, 0.29) is 11.9 Å². The number of likely N-dealkylation sites (N-methyl/N-ethyl adjacent to an activating group) is 1. The highest BCUT2D eigenvalue weighted by molar-refractivity contribution is 5.78. The largest absolute Gasteiger partial charge is 0.353 e. The van der Waals surface area contributed by atoms with E-state index in [1.807, 2.05) is 56.4 Å². The lowest BCUT2D eigenvalue weighted by molar-refractivity contribution is -0.122. The number of hydrogen-bond acceptors (Lipinski definition) is 3. The average Bonchev–Trinajstić information content (AvgIpc) is 3.00. The van der Waals surface area contributed by atoms with E-state index in [4.69, 9.17) is 4.98 Å². The monoisotopic (exact) mass is 350 g/mol. The second kappa shape index (κ2) is 8.15. The molecule has 3 aromatic rings. The second-order valence-corrected chi connectivity index (χ2v) is 6.73. The van der Waals surface area contributed by atoms with Gasteiger partial charge >= 0.3 is 0 Å². The topological polar surface area (TPSA) is 49.6 Å². The molecule has 0 spiro atoms. The van der Waals surface area contributed by atoms with Gasteiger partial charge in [-0.25, -0.2) is 4.98 Å². The first-order valence-electron chi connectivity index (χ1n) is 9.11. The van der Waals surface area contributed by atoms with E-state index in [0.29, 0.717) is 13.1 Å². The molecule has 0 aliphatic carbocycles. The van der Waals surface area contributed by atoms with E-state index in [1.165, 1.54) is 0 Å². The number of amides is 1. The van der Waals surface area contributed by atoms with Gasteiger partial charge in [0, 0.05) is 24.3 Å². The van der Waals surface area contributed by atoms with Crippen molar-refractivity contribution >= 4 is 11.6 Å². The third-order valence-corrected chi connectivity index (χ3v) is 4.31. The Labute approximate surface area is 154 Å². The van der Waals surface area contributed by atoms with Gasteiger partial charge in [0.1, 0.15) is 5.65 Å². The van der Waals surface area contributed by atoms with Crippen molar-refractivity contribution in [1.29, 1.82) is 0 Å². The Morgan fingerprint density at radius 1 is 1.15 bits per heavy atom. The summed E-state index contributed by atoms with van der Waals surface area (Å²) in [4.78, 5) is 19.2. The normalized spacial score (nSPS) is 11.4. The van der Waals surface area contributed by atoms with Crippen molar-refractivity contribution < 1.29 is 4.79 Å². The second-order valence-electron chi connectivity index (χ2n) is 6.73. The molecule has 0 aliphatic rings. The number of nitrogens with one attached hydrogen (secondary N) is 1. The summed E-state index contributed by atoms with van der Waals surface area (Å²) in [5.74, 6) is 0.0527. The average molecular weight is 350 g/mol. The Morgan fingerprint density at radius 3 is 2.58 bits per heavy atom. The first-order chi connectivity index (χ1) is 12.6. The van der Waals surface area contributed by atoms with Crippen LogP contribution in [0.25, 0.3) is 16.9 Å². The lowest BCUT2D eigenvalue weighted by Crippen LogP contribution is -2.40. The van der Waals surface area contributed by atoms with Gasteiger partial charge in [-0.1, -0.05) is 43.3 Å². The van der Waals surface area contributed by atoms with Gasteiger partial charge in [0.25, 0.3) is 0 Å². The molecular weight excluding hydrogens is 324 g/mol. The van der Waals surface area contributed by atoms with Crippen LogP contribution >= 0.6 is 0 Å². The summed E-state index contributed by atoms with van der Waals surface area (Å²) >= 11 is 0. The molecule has 0 fully saturated rings. The number of aromatic nitrogens is 2. The van der Waals surface area contributed by atoms with E-state index in [9.17, 15) is 4.79 Å². The highest BCUT2D eigenvalue weighted by atomic mass is 16.2. The Hall–Kier alpha value is -2.66. The predicted molar refractivity (Wildman–Crippen MR) is 105 cm³/mol. The quantitative estimate of drug-likeness (QED) is 0.711. The molecule has 136 valence electrons. The van der Waals surface area contributed by atoms with Gasteiger partial charge in [-0.3, -0.25) is 9.69 Å². The van der Waals surface area contributed by atoms with Gasteiger partial charge in [-0.15, -0.1) is 0 Å². The summed E-state index contributed by atoms with van der Waals surface area (Å²) in [6.07, 6.45) is 2.03. The van der Waals surface area contributed by atoms with Crippen LogP contribution in [0.3, 0.4) is 0 Å². The van der Waals surface area contributed by atoms with E-state index in [1.54, 1.807) is 0 Å². The van der Waals surface area contributed by atoms with Crippen LogP contribution in [0.4, 0.5) is 0 Å². The fourth-order valence-corrected chi connectivity index (χ4v) is 3.09. The van der Waals surface area contributed by atoms with Gasteiger partial charge in [-0.2, -0.15) is 0 Å². The number of fused-ring (bicyclic) bond motifs is 1. The summed E-state index contributed by atoms with van der Waals surface area (Å²) in [6, 6.07) is 16.4. The zero-order chi connectivity index (χ0) is 18.5. The Bertz CT molecular complexity index is 870. The van der Waals surface area contributed by atoms with Crippen LogP contribution in [0.1, 0.15) is 26.5 Å². The van der Waals surface area contributed by atoms with Crippen molar-refractivity contribution in [2.24, 2.45) is 0 Å². The van der Waals surface area contributed by atoms with Gasteiger partial charge in [0.05, 0.1) is 17.9 Å². The number of imidazole rings is 1. The SMILES string of the molecule is CCN(CC(=O)NC(C)C)Cc1c(-c2ccccc2)nc2ccccn12.